The van der Waals surface area contributed by atoms with E-state index in [1.165, 1.54) is 7.05 Å². The number of carbonyl (C=O) groups excluding carboxylic acids is 3. The zero-order valence-corrected chi connectivity index (χ0v) is 19.4. The topological polar surface area (TPSA) is 121 Å². The van der Waals surface area contributed by atoms with Crippen LogP contribution in [-0.4, -0.2) is 72.6 Å². The number of amides is 3. The number of aryl methyl sites for hydroxylation is 1. The van der Waals surface area contributed by atoms with Crippen molar-refractivity contribution in [2.45, 2.75) is 11.8 Å². The summed E-state index contributed by atoms with van der Waals surface area (Å²) in [6, 6.07) is 0.965. The van der Waals surface area contributed by atoms with Crippen molar-refractivity contribution in [3.8, 4) is 0 Å². The molecule has 0 unspecified atom stereocenters. The van der Waals surface area contributed by atoms with Crippen molar-refractivity contribution in [1.29, 1.82) is 0 Å². The van der Waals surface area contributed by atoms with Crippen molar-refractivity contribution < 1.29 is 40.4 Å². The Hall–Kier alpha value is -3.46. The zero-order valence-electron chi connectivity index (χ0n) is 18.6. The first-order valence-electron chi connectivity index (χ1n) is 10.3. The number of hydrogen-bond acceptors (Lipinski definition) is 5. The van der Waals surface area contributed by atoms with Crippen LogP contribution >= 0.6 is 0 Å². The van der Waals surface area contributed by atoms with Gasteiger partial charge in [-0.3, -0.25) is 14.4 Å². The van der Waals surface area contributed by atoms with Gasteiger partial charge in [-0.2, -0.15) is 4.31 Å². The molecule has 1 aliphatic rings. The number of likely N-dealkylation sites (N-methyl/N-ethyl adjacent to an activating group) is 1. The molecule has 2 aromatic rings. The molecule has 2 N–H and O–H groups in total. The van der Waals surface area contributed by atoms with Crippen LogP contribution in [0.25, 0.3) is 0 Å². The molecule has 0 atom stereocenters. The van der Waals surface area contributed by atoms with Crippen LogP contribution in [-0.2, 0) is 26.7 Å². The van der Waals surface area contributed by atoms with Crippen LogP contribution < -0.4 is 10.6 Å². The standard InChI is InChI=1S/C20H21F4N5O5S/c1-3-25-19(31)20(32)28-4-6-29(7-5-28)35(33,34)14-10-27(2)17(16(14)24)18(30)26-11-8-12(21)15(23)13(22)9-11/h8-10H,3-7H2,1-2H3,(H,25,31)(H,26,30). The van der Waals surface area contributed by atoms with Gasteiger partial charge in [0.05, 0.1) is 0 Å². The molecule has 1 saturated heterocycles. The number of carbonyl (C=O) groups is 3. The Morgan fingerprint density at radius 2 is 1.54 bits per heavy atom. The van der Waals surface area contributed by atoms with Crippen LogP contribution in [0, 0.1) is 23.3 Å². The maximum absolute atomic E-state index is 15.1. The number of piperazine rings is 1. The maximum atomic E-state index is 15.1. The van der Waals surface area contributed by atoms with Crippen LogP contribution in [0.1, 0.15) is 17.4 Å². The maximum Gasteiger partial charge on any atom is 0.311 e. The SMILES string of the molecule is CCNC(=O)C(=O)N1CCN(S(=O)(=O)c2cn(C)c(C(=O)Nc3cc(F)c(F)c(F)c3)c2F)CC1. The predicted octanol–water partition coefficient (Wildman–Crippen LogP) is 0.803. The number of halogens is 4. The number of benzene rings is 1. The lowest BCUT2D eigenvalue weighted by Crippen LogP contribution is -2.53. The second-order valence-corrected chi connectivity index (χ2v) is 9.44. The predicted molar refractivity (Wildman–Crippen MR) is 114 cm³/mol. The normalized spacial score (nSPS) is 14.6. The van der Waals surface area contributed by atoms with E-state index in [1.807, 2.05) is 5.32 Å². The average Bonchev–Trinajstić information content (AvgIpc) is 3.11. The summed E-state index contributed by atoms with van der Waals surface area (Å²) in [5.41, 5.74) is -1.26. The summed E-state index contributed by atoms with van der Waals surface area (Å²) in [6.45, 7) is 1.20. The smallest absolute Gasteiger partial charge is 0.311 e. The van der Waals surface area contributed by atoms with Gasteiger partial charge in [0.1, 0.15) is 10.6 Å². The van der Waals surface area contributed by atoms with Gasteiger partial charge >= 0.3 is 11.8 Å². The fraction of sp³-hybridized carbons (Fsp3) is 0.350. The Labute approximate surface area is 197 Å². The van der Waals surface area contributed by atoms with Gasteiger partial charge in [0, 0.05) is 63.8 Å². The van der Waals surface area contributed by atoms with Crippen molar-refractivity contribution in [2.75, 3.05) is 38.0 Å². The number of rotatable bonds is 5. The molecule has 1 aromatic heterocycles. The molecule has 1 aromatic carbocycles. The summed E-state index contributed by atoms with van der Waals surface area (Å²) in [4.78, 5) is 36.6. The van der Waals surface area contributed by atoms with E-state index in [2.05, 4.69) is 5.32 Å². The molecule has 35 heavy (non-hydrogen) atoms. The van der Waals surface area contributed by atoms with Gasteiger partial charge in [-0.05, 0) is 6.92 Å². The van der Waals surface area contributed by atoms with E-state index in [-0.39, 0.29) is 32.7 Å². The van der Waals surface area contributed by atoms with Gasteiger partial charge in [0.2, 0.25) is 10.0 Å². The summed E-state index contributed by atoms with van der Waals surface area (Å²) in [5, 5.41) is 4.35. The number of nitrogens with one attached hydrogen (secondary N) is 2. The lowest BCUT2D eigenvalue weighted by molar-refractivity contribution is -0.146. The minimum Gasteiger partial charge on any atom is -0.348 e. The highest BCUT2D eigenvalue weighted by atomic mass is 32.2. The van der Waals surface area contributed by atoms with E-state index >= 15 is 4.39 Å². The molecular formula is C20H21F4N5O5S. The minimum atomic E-state index is -4.45. The molecular weight excluding hydrogens is 498 g/mol. The summed E-state index contributed by atoms with van der Waals surface area (Å²) in [6.07, 6.45) is 0.859. The van der Waals surface area contributed by atoms with E-state index in [0.717, 1.165) is 20.0 Å². The van der Waals surface area contributed by atoms with Crippen molar-refractivity contribution in [2.24, 2.45) is 7.05 Å². The highest BCUT2D eigenvalue weighted by Gasteiger charge is 2.36. The van der Waals surface area contributed by atoms with E-state index in [9.17, 15) is 36.0 Å². The second-order valence-electron chi connectivity index (χ2n) is 7.53. The van der Waals surface area contributed by atoms with Crippen LogP contribution in [0.15, 0.2) is 23.2 Å². The zero-order chi connectivity index (χ0) is 26.1. The molecule has 1 aliphatic heterocycles. The lowest BCUT2D eigenvalue weighted by Gasteiger charge is -2.33. The van der Waals surface area contributed by atoms with E-state index in [0.29, 0.717) is 12.1 Å². The number of hydrogen-bond donors (Lipinski definition) is 2. The van der Waals surface area contributed by atoms with Crippen LogP contribution in [0.4, 0.5) is 23.2 Å². The Morgan fingerprint density at radius 1 is 0.971 bits per heavy atom. The summed E-state index contributed by atoms with van der Waals surface area (Å²) in [7, 11) is -3.26. The lowest BCUT2D eigenvalue weighted by atomic mass is 10.2. The molecule has 0 saturated carbocycles. The first-order valence-corrected chi connectivity index (χ1v) is 11.7. The van der Waals surface area contributed by atoms with Gasteiger partial charge in [0.15, 0.2) is 23.3 Å². The van der Waals surface area contributed by atoms with Crippen LogP contribution in [0.5, 0.6) is 0 Å². The average molecular weight is 519 g/mol. The van der Waals surface area contributed by atoms with Crippen molar-refractivity contribution in [3.05, 3.63) is 47.3 Å². The largest absolute Gasteiger partial charge is 0.348 e. The molecule has 10 nitrogen and oxygen atoms in total. The molecule has 3 amide bonds. The highest BCUT2D eigenvalue weighted by molar-refractivity contribution is 7.89. The van der Waals surface area contributed by atoms with E-state index in [1.54, 1.807) is 6.92 Å². The molecule has 190 valence electrons. The van der Waals surface area contributed by atoms with Gasteiger partial charge in [-0.1, -0.05) is 0 Å². The third-order valence-electron chi connectivity index (χ3n) is 5.22. The Kier molecular flexibility index (Phi) is 7.50. The third kappa shape index (κ3) is 5.14. The second kappa shape index (κ2) is 10.0. The minimum absolute atomic E-state index is 0.112. The number of sulfonamides is 1. The van der Waals surface area contributed by atoms with Gasteiger partial charge in [-0.15, -0.1) is 0 Å². The molecule has 2 heterocycles. The molecule has 0 radical (unpaired) electrons. The first-order chi connectivity index (χ1) is 16.4. The molecule has 15 heteroatoms. The Bertz CT molecular complexity index is 1270. The molecule has 0 aliphatic carbocycles. The third-order valence-corrected chi connectivity index (χ3v) is 7.11. The first kappa shape index (κ1) is 26.2. The molecule has 0 spiro atoms. The Balaban J connectivity index is 1.78. The fourth-order valence-electron chi connectivity index (χ4n) is 3.48. The van der Waals surface area contributed by atoms with Gasteiger partial charge in [0.25, 0.3) is 5.91 Å². The number of nitrogens with zero attached hydrogens (tertiary/aromatic N) is 3. The van der Waals surface area contributed by atoms with Gasteiger partial charge < -0.3 is 20.1 Å². The Morgan fingerprint density at radius 3 is 2.09 bits per heavy atom. The molecule has 0 bridgehead atoms. The number of aromatic nitrogens is 1. The van der Waals surface area contributed by atoms with Crippen molar-refractivity contribution in [3.63, 3.8) is 0 Å². The monoisotopic (exact) mass is 519 g/mol. The molecule has 3 rings (SSSR count). The van der Waals surface area contributed by atoms with E-state index in [4.69, 9.17) is 0 Å². The van der Waals surface area contributed by atoms with E-state index < -0.39 is 67.3 Å². The quantitative estimate of drug-likeness (QED) is 0.344. The van der Waals surface area contributed by atoms with Crippen molar-refractivity contribution >= 4 is 33.4 Å². The molecule has 1 fully saturated rings. The van der Waals surface area contributed by atoms with Crippen molar-refractivity contribution in [1.82, 2.24) is 19.1 Å². The van der Waals surface area contributed by atoms with Crippen LogP contribution in [0.3, 0.4) is 0 Å². The number of anilines is 1. The van der Waals surface area contributed by atoms with Gasteiger partial charge in [-0.25, -0.2) is 26.0 Å². The summed E-state index contributed by atoms with van der Waals surface area (Å²) >= 11 is 0. The fourth-order valence-corrected chi connectivity index (χ4v) is 5.01. The van der Waals surface area contributed by atoms with Crippen LogP contribution in [0.2, 0.25) is 0 Å². The summed E-state index contributed by atoms with van der Waals surface area (Å²) in [5.74, 6) is -9.20. The summed E-state index contributed by atoms with van der Waals surface area (Å²) < 4.78 is 82.8. The highest BCUT2D eigenvalue weighted by Crippen LogP contribution is 2.26.